The third-order valence-electron chi connectivity index (χ3n) is 2.72. The maximum Gasteiger partial charge on any atom is 0.353 e. The zero-order valence-electron chi connectivity index (χ0n) is 10.2. The van der Waals surface area contributed by atoms with Crippen molar-refractivity contribution in [1.82, 2.24) is 10.2 Å². The molecule has 3 N–H and O–H groups in total. The summed E-state index contributed by atoms with van der Waals surface area (Å²) in [5, 5.41) is 25.3. The molecule has 1 aromatic carbocycles. The Morgan fingerprint density at radius 3 is 2.68 bits per heavy atom. The number of aromatic hydroxyl groups is 1. The van der Waals surface area contributed by atoms with Crippen LogP contribution in [0.25, 0.3) is 11.3 Å². The van der Waals surface area contributed by atoms with E-state index in [-0.39, 0.29) is 17.2 Å². The van der Waals surface area contributed by atoms with Gasteiger partial charge in [0, 0.05) is 11.1 Å². The molecule has 0 atom stereocenters. The molecule has 1 aromatic heterocycles. The van der Waals surface area contributed by atoms with E-state index in [1.54, 1.807) is 6.92 Å². The van der Waals surface area contributed by atoms with Gasteiger partial charge in [-0.3, -0.25) is 5.10 Å². The van der Waals surface area contributed by atoms with Gasteiger partial charge in [-0.25, -0.2) is 4.79 Å². The Bertz CT molecular complexity index is 651. The molecule has 100 valence electrons. The van der Waals surface area contributed by atoms with E-state index in [4.69, 9.17) is 21.4 Å². The molecule has 7 heteroatoms. The number of rotatable bonds is 3. The molecule has 2 rings (SSSR count). The van der Waals surface area contributed by atoms with E-state index in [1.807, 2.05) is 0 Å². The molecule has 2 aromatic rings. The lowest BCUT2D eigenvalue weighted by Crippen LogP contribution is -1.95. The number of phenolic OH excluding ortho intramolecular Hbond substituents is 1. The Balaban J connectivity index is 2.69. The number of nitrogens with zero attached hydrogens (tertiary/aromatic N) is 1. The summed E-state index contributed by atoms with van der Waals surface area (Å²) in [6.45, 7) is 1.73. The zero-order valence-corrected chi connectivity index (χ0v) is 10.9. The van der Waals surface area contributed by atoms with Gasteiger partial charge in [0.25, 0.3) is 0 Å². The molecule has 6 nitrogen and oxygen atoms in total. The van der Waals surface area contributed by atoms with Crippen LogP contribution in [0.1, 0.15) is 16.1 Å². The van der Waals surface area contributed by atoms with E-state index in [0.717, 1.165) is 0 Å². The van der Waals surface area contributed by atoms with E-state index in [9.17, 15) is 9.90 Å². The average molecular weight is 283 g/mol. The number of halogens is 1. The van der Waals surface area contributed by atoms with Gasteiger partial charge in [0.1, 0.15) is 5.69 Å². The van der Waals surface area contributed by atoms with Crippen LogP contribution in [0.2, 0.25) is 5.02 Å². The van der Waals surface area contributed by atoms with Crippen molar-refractivity contribution in [1.29, 1.82) is 0 Å². The molecule has 0 bridgehead atoms. The largest absolute Gasteiger partial charge is 0.504 e. The second-order valence-electron chi connectivity index (χ2n) is 3.88. The van der Waals surface area contributed by atoms with Crippen molar-refractivity contribution in [3.63, 3.8) is 0 Å². The number of aromatic nitrogens is 2. The molecule has 19 heavy (non-hydrogen) atoms. The van der Waals surface area contributed by atoms with Gasteiger partial charge in [-0.05, 0) is 18.6 Å². The van der Waals surface area contributed by atoms with Crippen molar-refractivity contribution < 1.29 is 19.7 Å². The molecule has 0 aliphatic carbocycles. The number of aromatic amines is 1. The van der Waals surface area contributed by atoms with Crippen molar-refractivity contribution in [2.45, 2.75) is 6.92 Å². The number of H-pyrrole nitrogens is 1. The summed E-state index contributed by atoms with van der Waals surface area (Å²) >= 11 is 6.00. The fourth-order valence-corrected chi connectivity index (χ4v) is 1.98. The number of carbonyl (C=O) groups is 1. The van der Waals surface area contributed by atoms with Crippen molar-refractivity contribution in [3.05, 3.63) is 28.4 Å². The van der Waals surface area contributed by atoms with Crippen molar-refractivity contribution in [3.8, 4) is 22.8 Å². The van der Waals surface area contributed by atoms with Gasteiger partial charge in [0.15, 0.2) is 11.5 Å². The van der Waals surface area contributed by atoms with Gasteiger partial charge in [-0.15, -0.1) is 0 Å². The van der Waals surface area contributed by atoms with E-state index in [2.05, 4.69) is 10.2 Å². The van der Waals surface area contributed by atoms with Crippen molar-refractivity contribution in [2.75, 3.05) is 7.11 Å². The number of aromatic carboxylic acids is 1. The van der Waals surface area contributed by atoms with Gasteiger partial charge in [-0.2, -0.15) is 5.10 Å². The van der Waals surface area contributed by atoms with Gasteiger partial charge in [0.2, 0.25) is 0 Å². The second kappa shape index (κ2) is 4.81. The third-order valence-corrected chi connectivity index (χ3v) is 3.12. The second-order valence-corrected chi connectivity index (χ2v) is 4.29. The molecule has 0 spiro atoms. The van der Waals surface area contributed by atoms with Crippen LogP contribution in [0.5, 0.6) is 11.5 Å². The van der Waals surface area contributed by atoms with Crippen LogP contribution in [-0.2, 0) is 0 Å². The fraction of sp³-hybridized carbons (Fsp3) is 0.167. The van der Waals surface area contributed by atoms with Crippen LogP contribution < -0.4 is 4.74 Å². The monoisotopic (exact) mass is 282 g/mol. The van der Waals surface area contributed by atoms with Gasteiger partial charge in [-0.1, -0.05) is 11.6 Å². The van der Waals surface area contributed by atoms with Crippen LogP contribution in [-0.4, -0.2) is 33.5 Å². The Kier molecular flexibility index (Phi) is 3.35. The van der Waals surface area contributed by atoms with Gasteiger partial charge >= 0.3 is 5.97 Å². The summed E-state index contributed by atoms with van der Waals surface area (Å²) in [5.74, 6) is -1.06. The lowest BCUT2D eigenvalue weighted by molar-refractivity contribution is 0.0690. The highest BCUT2D eigenvalue weighted by Crippen LogP contribution is 2.42. The highest BCUT2D eigenvalue weighted by molar-refractivity contribution is 6.32. The minimum Gasteiger partial charge on any atom is -0.504 e. The standard InChI is InChI=1S/C12H11ClN2O4/c1-5-6(13)3-9(16)11(19-2)10(5)7-4-8(12(17)18)15-14-7/h3-4,16H,1-2H3,(H,14,15)(H,17,18). The van der Waals surface area contributed by atoms with E-state index < -0.39 is 5.97 Å². The molecule has 0 saturated carbocycles. The summed E-state index contributed by atoms with van der Waals surface area (Å²) < 4.78 is 5.13. The zero-order chi connectivity index (χ0) is 14.2. The number of carboxylic acids is 1. The number of hydrogen-bond donors (Lipinski definition) is 3. The van der Waals surface area contributed by atoms with Crippen LogP contribution in [0.15, 0.2) is 12.1 Å². The Hall–Kier alpha value is -2.21. The fourth-order valence-electron chi connectivity index (χ4n) is 1.79. The van der Waals surface area contributed by atoms with E-state index in [1.165, 1.54) is 19.2 Å². The molecule has 0 radical (unpaired) electrons. The number of phenols is 1. The van der Waals surface area contributed by atoms with Gasteiger partial charge in [0.05, 0.1) is 18.4 Å². The molecule has 1 heterocycles. The first-order chi connectivity index (χ1) is 8.95. The third kappa shape index (κ3) is 2.22. The van der Waals surface area contributed by atoms with Crippen LogP contribution in [0.4, 0.5) is 0 Å². The lowest BCUT2D eigenvalue weighted by atomic mass is 10.0. The van der Waals surface area contributed by atoms with Crippen LogP contribution in [0, 0.1) is 6.92 Å². The molecule has 0 amide bonds. The number of carboxylic acid groups (broad SMARTS) is 1. The predicted octanol–water partition coefficient (Wildman–Crippen LogP) is 2.45. The highest BCUT2D eigenvalue weighted by atomic mass is 35.5. The molecule has 0 aliphatic rings. The smallest absolute Gasteiger partial charge is 0.353 e. The molecular formula is C12H11ClN2O4. The number of hydrogen-bond acceptors (Lipinski definition) is 4. The summed E-state index contributed by atoms with van der Waals surface area (Å²) in [4.78, 5) is 10.8. The number of methoxy groups -OCH3 is 1. The number of ether oxygens (including phenoxy) is 1. The SMILES string of the molecule is COc1c(O)cc(Cl)c(C)c1-c1cc(C(=O)O)[nH]n1. The lowest BCUT2D eigenvalue weighted by Gasteiger charge is -2.12. The summed E-state index contributed by atoms with van der Waals surface area (Å²) in [6.07, 6.45) is 0. The maximum absolute atomic E-state index is 10.8. The minimum absolute atomic E-state index is 0.0593. The molecule has 0 aliphatic heterocycles. The topological polar surface area (TPSA) is 95.4 Å². The highest BCUT2D eigenvalue weighted by Gasteiger charge is 2.20. The predicted molar refractivity (Wildman–Crippen MR) is 68.9 cm³/mol. The van der Waals surface area contributed by atoms with E-state index >= 15 is 0 Å². The van der Waals surface area contributed by atoms with E-state index in [0.29, 0.717) is 21.8 Å². The first kappa shape index (κ1) is 13.2. The Labute approximate surface area is 113 Å². The molecular weight excluding hydrogens is 272 g/mol. The van der Waals surface area contributed by atoms with Crippen molar-refractivity contribution in [2.24, 2.45) is 0 Å². The summed E-state index contributed by atoms with van der Waals surface area (Å²) in [6, 6.07) is 2.72. The van der Waals surface area contributed by atoms with Gasteiger partial charge < -0.3 is 14.9 Å². The number of benzene rings is 1. The quantitative estimate of drug-likeness (QED) is 0.803. The minimum atomic E-state index is -1.12. The molecule has 0 unspecified atom stereocenters. The first-order valence-electron chi connectivity index (χ1n) is 5.30. The van der Waals surface area contributed by atoms with Crippen LogP contribution >= 0.6 is 11.6 Å². The Morgan fingerprint density at radius 1 is 1.47 bits per heavy atom. The maximum atomic E-state index is 10.8. The Morgan fingerprint density at radius 2 is 2.16 bits per heavy atom. The number of nitrogens with one attached hydrogen (secondary N) is 1. The molecule has 0 saturated heterocycles. The van der Waals surface area contributed by atoms with Crippen LogP contribution in [0.3, 0.4) is 0 Å². The normalized spacial score (nSPS) is 10.5. The summed E-state index contributed by atoms with van der Waals surface area (Å²) in [5.41, 5.74) is 1.37. The average Bonchev–Trinajstić information content (AvgIpc) is 2.82. The first-order valence-corrected chi connectivity index (χ1v) is 5.68. The van der Waals surface area contributed by atoms with Crippen molar-refractivity contribution >= 4 is 17.6 Å². The molecule has 0 fully saturated rings. The summed E-state index contributed by atoms with van der Waals surface area (Å²) in [7, 11) is 1.40.